The van der Waals surface area contributed by atoms with E-state index in [0.717, 1.165) is 0 Å². The van der Waals surface area contributed by atoms with Gasteiger partial charge in [-0.05, 0) is 85.5 Å². The molecule has 0 aliphatic heterocycles. The van der Waals surface area contributed by atoms with E-state index in [2.05, 4.69) is 26.6 Å². The van der Waals surface area contributed by atoms with E-state index in [0.29, 0.717) is 24.2 Å². The van der Waals surface area contributed by atoms with Crippen LogP contribution in [-0.4, -0.2) is 94.0 Å². The van der Waals surface area contributed by atoms with Crippen molar-refractivity contribution in [1.82, 2.24) is 26.6 Å². The maximum Gasteiger partial charge on any atom is 0.326 e. The van der Waals surface area contributed by atoms with Gasteiger partial charge in [-0.2, -0.15) is 11.8 Å². The first-order valence-corrected chi connectivity index (χ1v) is 19.9. The summed E-state index contributed by atoms with van der Waals surface area (Å²) in [5.74, 6) is -3.62. The first-order valence-electron chi connectivity index (χ1n) is 18.5. The first kappa shape index (κ1) is 47.2. The van der Waals surface area contributed by atoms with Crippen molar-refractivity contribution >= 4 is 47.3 Å². The van der Waals surface area contributed by atoms with Crippen LogP contribution in [0, 0.1) is 23.7 Å². The van der Waals surface area contributed by atoms with Crippen molar-refractivity contribution in [2.75, 3.05) is 12.0 Å². The van der Waals surface area contributed by atoms with E-state index in [9.17, 15) is 39.0 Å². The Labute approximate surface area is 319 Å². The third-order valence-electron chi connectivity index (χ3n) is 8.32. The number of hydrogen-bond donors (Lipinski definition) is 8. The molecule has 9 N–H and O–H groups in total. The smallest absolute Gasteiger partial charge is 0.326 e. The van der Waals surface area contributed by atoms with Crippen LogP contribution in [0.5, 0.6) is 5.75 Å². The molecule has 5 amide bonds. The first-order chi connectivity index (χ1) is 24.7. The molecule has 0 fully saturated rings. The number of thioether (sulfide) groups is 1. The summed E-state index contributed by atoms with van der Waals surface area (Å²) in [6, 6.07) is -0.260. The number of nitrogens with two attached hydrogens (primary N) is 1. The Hall–Kier alpha value is -3.85. The van der Waals surface area contributed by atoms with Gasteiger partial charge < -0.3 is 42.5 Å². The van der Waals surface area contributed by atoms with Crippen molar-refractivity contribution in [2.24, 2.45) is 29.4 Å². The third-order valence-corrected chi connectivity index (χ3v) is 8.96. The van der Waals surface area contributed by atoms with Gasteiger partial charge in [-0.15, -0.1) is 0 Å². The van der Waals surface area contributed by atoms with Crippen LogP contribution in [0.15, 0.2) is 24.3 Å². The normalized spacial score (nSPS) is 14.9. The number of carboxylic acids is 1. The van der Waals surface area contributed by atoms with Gasteiger partial charge in [0.15, 0.2) is 0 Å². The highest BCUT2D eigenvalue weighted by molar-refractivity contribution is 7.98. The number of aromatic hydroxyl groups is 1. The van der Waals surface area contributed by atoms with Gasteiger partial charge in [-0.25, -0.2) is 4.79 Å². The minimum Gasteiger partial charge on any atom is -0.508 e. The van der Waals surface area contributed by atoms with Crippen molar-refractivity contribution in [3.05, 3.63) is 29.8 Å². The van der Waals surface area contributed by atoms with E-state index >= 15 is 0 Å². The molecular weight excluding hydrogens is 701 g/mol. The molecule has 14 nitrogen and oxygen atoms in total. The maximum atomic E-state index is 13.9. The van der Waals surface area contributed by atoms with Gasteiger partial charge in [0.2, 0.25) is 29.5 Å². The lowest BCUT2D eigenvalue weighted by atomic mass is 9.98. The average Bonchev–Trinajstić information content (AvgIpc) is 3.05. The van der Waals surface area contributed by atoms with Gasteiger partial charge in [0.1, 0.15) is 36.0 Å². The lowest BCUT2D eigenvalue weighted by Gasteiger charge is -2.29. The Balaban J connectivity index is 3.34. The SMILES string of the molecule is CSCC[C@H](N)C(=O)N[C@@H](CC(C)C)C(=O)N[C@@H](CC(C)C)C(=O)N[C@@H](CC(C)C)C(=O)N[C@@H](Cc1ccc(O)cc1)C(=O)N[C@@H](CC(C)C)C(=O)O. The summed E-state index contributed by atoms with van der Waals surface area (Å²) < 4.78 is 0. The van der Waals surface area contributed by atoms with Gasteiger partial charge >= 0.3 is 5.97 Å². The number of hydrogen-bond acceptors (Lipinski definition) is 9. The number of benzene rings is 1. The average molecular weight is 765 g/mol. The molecule has 0 aromatic heterocycles. The van der Waals surface area contributed by atoms with E-state index in [1.54, 1.807) is 23.9 Å². The number of phenols is 1. The molecule has 15 heteroatoms. The molecule has 0 aliphatic rings. The van der Waals surface area contributed by atoms with Gasteiger partial charge in [0.05, 0.1) is 6.04 Å². The molecule has 0 heterocycles. The summed E-state index contributed by atoms with van der Waals surface area (Å²) in [4.78, 5) is 79.8. The summed E-state index contributed by atoms with van der Waals surface area (Å²) in [5.41, 5.74) is 6.65. The second kappa shape index (κ2) is 23.7. The monoisotopic (exact) mass is 764 g/mol. The maximum absolute atomic E-state index is 13.9. The highest BCUT2D eigenvalue weighted by atomic mass is 32.2. The Morgan fingerprint density at radius 2 is 0.925 bits per heavy atom. The molecule has 1 aromatic rings. The Morgan fingerprint density at radius 3 is 1.30 bits per heavy atom. The van der Waals surface area contributed by atoms with Crippen molar-refractivity contribution in [3.8, 4) is 5.75 Å². The number of carbonyl (C=O) groups excluding carboxylic acids is 5. The predicted octanol–water partition coefficient (Wildman–Crippen LogP) is 2.71. The van der Waals surface area contributed by atoms with E-state index in [-0.39, 0.29) is 55.1 Å². The second-order valence-corrected chi connectivity index (χ2v) is 16.4. The minimum absolute atomic E-state index is 0.0112. The molecule has 0 saturated carbocycles. The lowest BCUT2D eigenvalue weighted by molar-refractivity contribution is -0.142. The van der Waals surface area contributed by atoms with Gasteiger partial charge in [0, 0.05) is 6.42 Å². The van der Waals surface area contributed by atoms with Crippen molar-refractivity contribution in [1.29, 1.82) is 0 Å². The summed E-state index contributed by atoms with van der Waals surface area (Å²) in [7, 11) is 0. The van der Waals surface area contributed by atoms with Gasteiger partial charge in [-0.3, -0.25) is 24.0 Å². The molecule has 0 saturated heterocycles. The molecule has 0 radical (unpaired) electrons. The fourth-order valence-corrected chi connectivity index (χ4v) is 6.11. The number of aliphatic carboxylic acids is 1. The van der Waals surface area contributed by atoms with Crippen LogP contribution in [0.1, 0.15) is 93.1 Å². The zero-order chi connectivity index (χ0) is 40.4. The third kappa shape index (κ3) is 18.7. The zero-order valence-electron chi connectivity index (χ0n) is 32.9. The molecule has 53 heavy (non-hydrogen) atoms. The van der Waals surface area contributed by atoms with E-state index in [1.807, 2.05) is 61.6 Å². The fraction of sp³-hybridized carbons (Fsp3) is 0.684. The Bertz CT molecular complexity index is 1340. The van der Waals surface area contributed by atoms with Crippen molar-refractivity contribution < 1.29 is 39.0 Å². The van der Waals surface area contributed by atoms with Crippen molar-refractivity contribution in [3.63, 3.8) is 0 Å². The number of phenolic OH excluding ortho intramolecular Hbond substituents is 1. The highest BCUT2D eigenvalue weighted by Gasteiger charge is 2.34. The van der Waals surface area contributed by atoms with Crippen LogP contribution >= 0.6 is 11.8 Å². The molecule has 0 bridgehead atoms. The summed E-state index contributed by atoms with van der Waals surface area (Å²) >= 11 is 1.56. The zero-order valence-corrected chi connectivity index (χ0v) is 33.7. The number of carboxylic acid groups (broad SMARTS) is 1. The molecule has 0 spiro atoms. The molecular formula is C38H64N6O8S. The highest BCUT2D eigenvalue weighted by Crippen LogP contribution is 2.15. The van der Waals surface area contributed by atoms with Crippen LogP contribution in [0.2, 0.25) is 0 Å². The largest absolute Gasteiger partial charge is 0.508 e. The topological polar surface area (TPSA) is 229 Å². The molecule has 1 aromatic carbocycles. The standard InChI is InChI=1S/C38H64N6O8S/c1-21(2)16-28(40-33(46)27(39)14-15-53-9)34(47)41-29(17-22(3)4)35(48)42-30(18-23(5)6)36(49)43-31(20-25-10-12-26(45)13-11-25)37(50)44-32(38(51)52)19-24(7)8/h10-13,21-24,27-32,45H,14-20,39H2,1-9H3,(H,40,46)(H,41,47)(H,42,48)(H,43,49)(H,44,50)(H,51,52)/t27-,28-,29-,30-,31-,32-/m0/s1. The van der Waals surface area contributed by atoms with Crippen LogP contribution in [-0.2, 0) is 35.2 Å². The molecule has 0 unspecified atom stereocenters. The van der Waals surface area contributed by atoms with Crippen LogP contribution < -0.4 is 32.3 Å². The van der Waals surface area contributed by atoms with E-state index in [4.69, 9.17) is 5.73 Å². The Kier molecular flexibility index (Phi) is 21.1. The van der Waals surface area contributed by atoms with Gasteiger partial charge in [0.25, 0.3) is 0 Å². The summed E-state index contributed by atoms with van der Waals surface area (Å²) in [6.45, 7) is 15.0. The molecule has 300 valence electrons. The number of amides is 5. The number of nitrogens with one attached hydrogen (secondary N) is 5. The number of rotatable bonds is 24. The Morgan fingerprint density at radius 1 is 0.585 bits per heavy atom. The van der Waals surface area contributed by atoms with Crippen molar-refractivity contribution in [2.45, 2.75) is 130 Å². The van der Waals surface area contributed by atoms with Crippen LogP contribution in [0.3, 0.4) is 0 Å². The molecule has 6 atom stereocenters. The fourth-order valence-electron chi connectivity index (χ4n) is 5.62. The molecule has 0 aliphatic carbocycles. The minimum atomic E-state index is -1.22. The van der Waals surface area contributed by atoms with Gasteiger partial charge in [-0.1, -0.05) is 67.5 Å². The number of carbonyl (C=O) groups is 6. The predicted molar refractivity (Wildman–Crippen MR) is 208 cm³/mol. The van der Waals surface area contributed by atoms with E-state index in [1.165, 1.54) is 12.1 Å². The van der Waals surface area contributed by atoms with Crippen LogP contribution in [0.25, 0.3) is 0 Å². The molecule has 1 rings (SSSR count). The van der Waals surface area contributed by atoms with E-state index < -0.39 is 71.8 Å². The van der Waals surface area contributed by atoms with Crippen LogP contribution in [0.4, 0.5) is 0 Å². The second-order valence-electron chi connectivity index (χ2n) is 15.4. The quantitative estimate of drug-likeness (QED) is 0.0768. The lowest BCUT2D eigenvalue weighted by Crippen LogP contribution is -2.60. The summed E-state index contributed by atoms with van der Waals surface area (Å²) in [6.07, 6.45) is 3.24. The summed E-state index contributed by atoms with van der Waals surface area (Å²) in [5, 5.41) is 33.1.